The highest BCUT2D eigenvalue weighted by molar-refractivity contribution is 5.76. The number of nitrogens with one attached hydrogen (secondary N) is 8. The van der Waals surface area contributed by atoms with Gasteiger partial charge in [0.1, 0.15) is 0 Å². The van der Waals surface area contributed by atoms with E-state index in [9.17, 15) is 9.59 Å². The first kappa shape index (κ1) is 38.8. The van der Waals surface area contributed by atoms with Gasteiger partial charge >= 0.3 is 0 Å². The summed E-state index contributed by atoms with van der Waals surface area (Å²) in [5, 5.41) is 27.2. The summed E-state index contributed by atoms with van der Waals surface area (Å²) in [5.41, 5.74) is 0. The van der Waals surface area contributed by atoms with Crippen LogP contribution in [0.25, 0.3) is 0 Å². The predicted molar refractivity (Wildman–Crippen MR) is 182 cm³/mol. The standard InChI is InChI=1S/C32H68N10O2/c43-31(9-27-41-25-7-15-35-21-19-33-11-5-13-37-23-29-41)39-17-3-1-2-4-18-40-32(44)10-28-42-26-8-16-36-22-20-34-12-6-14-38-24-30-42/h33-38H,1-30H2,(H,39,43)(H,40,44). The Hall–Kier alpha value is -1.38. The van der Waals surface area contributed by atoms with E-state index in [1.165, 1.54) is 0 Å². The molecule has 2 heterocycles. The molecule has 0 spiro atoms. The molecule has 2 aliphatic heterocycles. The number of rotatable bonds is 13. The van der Waals surface area contributed by atoms with Gasteiger partial charge in [0.2, 0.25) is 11.8 Å². The van der Waals surface area contributed by atoms with Gasteiger partial charge in [0.15, 0.2) is 0 Å². The van der Waals surface area contributed by atoms with Crippen LogP contribution in [0.15, 0.2) is 0 Å². The van der Waals surface area contributed by atoms with Gasteiger partial charge in [-0.15, -0.1) is 0 Å². The molecule has 2 saturated heterocycles. The second-order valence-corrected chi connectivity index (χ2v) is 12.2. The molecule has 12 nitrogen and oxygen atoms in total. The molecule has 0 aromatic rings. The van der Waals surface area contributed by atoms with Crippen LogP contribution in [-0.4, -0.2) is 153 Å². The molecule has 0 aromatic heterocycles. The second-order valence-electron chi connectivity index (χ2n) is 12.2. The molecule has 2 fully saturated rings. The highest BCUT2D eigenvalue weighted by Crippen LogP contribution is 2.00. The average Bonchev–Trinajstić information content (AvgIpc) is 3.03. The maximum atomic E-state index is 12.4. The third-order valence-corrected chi connectivity index (χ3v) is 8.29. The van der Waals surface area contributed by atoms with E-state index >= 15 is 0 Å². The third-order valence-electron chi connectivity index (χ3n) is 8.29. The van der Waals surface area contributed by atoms with E-state index in [0.717, 1.165) is 182 Å². The van der Waals surface area contributed by atoms with Crippen molar-refractivity contribution in [2.75, 3.05) is 131 Å². The van der Waals surface area contributed by atoms with Crippen molar-refractivity contribution in [1.82, 2.24) is 52.3 Å². The fourth-order valence-electron chi connectivity index (χ4n) is 5.54. The van der Waals surface area contributed by atoms with Crippen LogP contribution < -0.4 is 42.5 Å². The van der Waals surface area contributed by atoms with Crippen molar-refractivity contribution in [3.8, 4) is 0 Å². The van der Waals surface area contributed by atoms with E-state index in [1.807, 2.05) is 0 Å². The SMILES string of the molecule is O=C(CCN1CCCNCCNCCCNCC1)NCCCCCCNC(=O)CCN1CCCNCCNCCCNCC1. The van der Waals surface area contributed by atoms with Crippen LogP contribution >= 0.6 is 0 Å². The number of hydrogen-bond donors (Lipinski definition) is 8. The molecule has 8 N–H and O–H groups in total. The van der Waals surface area contributed by atoms with E-state index in [1.54, 1.807) is 0 Å². The topological polar surface area (TPSA) is 137 Å². The zero-order valence-corrected chi connectivity index (χ0v) is 27.9. The van der Waals surface area contributed by atoms with Crippen molar-refractivity contribution >= 4 is 11.8 Å². The van der Waals surface area contributed by atoms with Gasteiger partial charge in [-0.2, -0.15) is 0 Å². The fourth-order valence-corrected chi connectivity index (χ4v) is 5.54. The van der Waals surface area contributed by atoms with Crippen LogP contribution in [-0.2, 0) is 9.59 Å². The lowest BCUT2D eigenvalue weighted by molar-refractivity contribution is -0.122. The normalized spacial score (nSPS) is 20.6. The molecule has 0 unspecified atom stereocenters. The zero-order chi connectivity index (χ0) is 31.2. The Labute approximate surface area is 268 Å². The van der Waals surface area contributed by atoms with Crippen LogP contribution in [0.1, 0.15) is 64.2 Å². The minimum absolute atomic E-state index is 0.154. The number of carbonyl (C=O) groups is 2. The molecule has 2 amide bonds. The van der Waals surface area contributed by atoms with E-state index in [4.69, 9.17) is 0 Å². The minimum atomic E-state index is 0.154. The molecule has 0 aromatic carbocycles. The third kappa shape index (κ3) is 23.9. The highest BCUT2D eigenvalue weighted by Gasteiger charge is 2.10. The first-order chi connectivity index (χ1) is 21.7. The number of carbonyl (C=O) groups excluding carboxylic acids is 2. The van der Waals surface area contributed by atoms with Gasteiger partial charge in [-0.05, 0) is 90.9 Å². The van der Waals surface area contributed by atoms with Crippen LogP contribution in [0.2, 0.25) is 0 Å². The smallest absolute Gasteiger partial charge is 0.221 e. The quantitative estimate of drug-likeness (QED) is 0.124. The number of nitrogens with zero attached hydrogens (tertiary/aromatic N) is 2. The highest BCUT2D eigenvalue weighted by atomic mass is 16.2. The van der Waals surface area contributed by atoms with Crippen molar-refractivity contribution < 1.29 is 9.59 Å². The van der Waals surface area contributed by atoms with Crippen molar-refractivity contribution in [3.05, 3.63) is 0 Å². The summed E-state index contributed by atoms with van der Waals surface area (Å²) < 4.78 is 0. The Morgan fingerprint density at radius 2 is 0.795 bits per heavy atom. The van der Waals surface area contributed by atoms with E-state index in [-0.39, 0.29) is 11.8 Å². The maximum absolute atomic E-state index is 12.4. The monoisotopic (exact) mass is 625 g/mol. The van der Waals surface area contributed by atoms with Gasteiger partial charge in [0.25, 0.3) is 0 Å². The van der Waals surface area contributed by atoms with Crippen molar-refractivity contribution in [2.24, 2.45) is 0 Å². The molecule has 0 saturated carbocycles. The zero-order valence-electron chi connectivity index (χ0n) is 27.9. The van der Waals surface area contributed by atoms with Gasteiger partial charge < -0.3 is 52.3 Å². The molecule has 258 valence electrons. The van der Waals surface area contributed by atoms with Crippen molar-refractivity contribution in [1.29, 1.82) is 0 Å². The molecule has 0 bridgehead atoms. The van der Waals surface area contributed by atoms with Crippen LogP contribution in [0.3, 0.4) is 0 Å². The predicted octanol–water partition coefficient (Wildman–Crippen LogP) is -0.711. The lowest BCUT2D eigenvalue weighted by atomic mass is 10.2. The molecule has 2 aliphatic rings. The number of amides is 2. The Kier molecular flexibility index (Phi) is 25.6. The Bertz CT molecular complexity index is 603. The second kappa shape index (κ2) is 29.1. The molecule has 12 heteroatoms. The first-order valence-electron chi connectivity index (χ1n) is 18.0. The summed E-state index contributed by atoms with van der Waals surface area (Å²) in [6, 6.07) is 0. The average molecular weight is 625 g/mol. The Morgan fingerprint density at radius 3 is 1.20 bits per heavy atom. The van der Waals surface area contributed by atoms with Crippen molar-refractivity contribution in [2.45, 2.75) is 64.2 Å². The molecular formula is C32H68N10O2. The van der Waals surface area contributed by atoms with Gasteiger partial charge in [-0.3, -0.25) is 9.59 Å². The Balaban J connectivity index is 1.46. The molecular weight excluding hydrogens is 556 g/mol. The van der Waals surface area contributed by atoms with E-state index < -0.39 is 0 Å². The summed E-state index contributed by atoms with van der Waals surface area (Å²) in [6.07, 6.45) is 9.74. The largest absolute Gasteiger partial charge is 0.356 e. The van der Waals surface area contributed by atoms with E-state index in [0.29, 0.717) is 12.8 Å². The number of hydrogen-bond acceptors (Lipinski definition) is 10. The lowest BCUT2D eigenvalue weighted by Crippen LogP contribution is -2.38. The molecule has 0 aliphatic carbocycles. The molecule has 0 atom stereocenters. The maximum Gasteiger partial charge on any atom is 0.221 e. The summed E-state index contributed by atoms with van der Waals surface area (Å²) in [5.74, 6) is 0.308. The number of unbranched alkanes of at least 4 members (excludes halogenated alkanes) is 3. The van der Waals surface area contributed by atoms with Crippen LogP contribution in [0.4, 0.5) is 0 Å². The first-order valence-corrected chi connectivity index (χ1v) is 18.0. The van der Waals surface area contributed by atoms with E-state index in [2.05, 4.69) is 52.3 Å². The van der Waals surface area contributed by atoms with Crippen molar-refractivity contribution in [3.63, 3.8) is 0 Å². The van der Waals surface area contributed by atoms with Gasteiger partial charge in [0.05, 0.1) is 0 Å². The van der Waals surface area contributed by atoms with Crippen LogP contribution in [0.5, 0.6) is 0 Å². The van der Waals surface area contributed by atoms with Gasteiger partial charge in [-0.25, -0.2) is 0 Å². The van der Waals surface area contributed by atoms with Gasteiger partial charge in [-0.1, -0.05) is 12.8 Å². The summed E-state index contributed by atoms with van der Waals surface area (Å²) in [7, 11) is 0. The molecule has 2 rings (SSSR count). The lowest BCUT2D eigenvalue weighted by Gasteiger charge is -2.23. The van der Waals surface area contributed by atoms with Gasteiger partial charge in [0, 0.05) is 91.4 Å². The van der Waals surface area contributed by atoms with Crippen LogP contribution in [0, 0.1) is 0 Å². The Morgan fingerprint density at radius 1 is 0.432 bits per heavy atom. The molecule has 44 heavy (non-hydrogen) atoms. The summed E-state index contributed by atoms with van der Waals surface area (Å²) >= 11 is 0. The summed E-state index contributed by atoms with van der Waals surface area (Å²) in [4.78, 5) is 29.7. The molecule has 0 radical (unpaired) electrons. The fraction of sp³-hybridized carbons (Fsp3) is 0.938. The summed E-state index contributed by atoms with van der Waals surface area (Å²) in [6.45, 7) is 19.4. The minimum Gasteiger partial charge on any atom is -0.356 e.